The first-order valence-electron chi connectivity index (χ1n) is 4.71. The summed E-state index contributed by atoms with van der Waals surface area (Å²) in [6, 6.07) is 1.64. The molecule has 0 radical (unpaired) electrons. The average Bonchev–Trinajstić information content (AvgIpc) is 2.65. The SMILES string of the molecule is CC(=O)SCCC=Cc1cc(C(=O)O)cs1. The van der Waals surface area contributed by atoms with Crippen molar-refractivity contribution in [2.75, 3.05) is 5.75 Å². The van der Waals surface area contributed by atoms with Gasteiger partial charge in [-0.25, -0.2) is 4.79 Å². The smallest absolute Gasteiger partial charge is 0.336 e. The van der Waals surface area contributed by atoms with E-state index >= 15 is 0 Å². The van der Waals surface area contributed by atoms with Crippen LogP contribution in [0, 0.1) is 0 Å². The maximum Gasteiger partial charge on any atom is 0.336 e. The summed E-state index contributed by atoms with van der Waals surface area (Å²) in [7, 11) is 0. The molecule has 86 valence electrons. The van der Waals surface area contributed by atoms with Gasteiger partial charge in [-0.2, -0.15) is 0 Å². The van der Waals surface area contributed by atoms with E-state index in [-0.39, 0.29) is 5.12 Å². The Morgan fingerprint density at radius 3 is 2.88 bits per heavy atom. The molecule has 0 amide bonds. The van der Waals surface area contributed by atoms with Crippen LogP contribution in [0.1, 0.15) is 28.6 Å². The molecular formula is C11H12O3S2. The normalized spacial score (nSPS) is 10.8. The van der Waals surface area contributed by atoms with Crippen molar-refractivity contribution in [1.29, 1.82) is 0 Å². The lowest BCUT2D eigenvalue weighted by atomic mass is 10.3. The molecule has 16 heavy (non-hydrogen) atoms. The zero-order chi connectivity index (χ0) is 12.0. The Bertz CT molecular complexity index is 407. The van der Waals surface area contributed by atoms with Gasteiger partial charge < -0.3 is 5.11 Å². The minimum atomic E-state index is -0.900. The summed E-state index contributed by atoms with van der Waals surface area (Å²) >= 11 is 2.70. The molecule has 0 saturated carbocycles. The second-order valence-electron chi connectivity index (χ2n) is 3.07. The Kier molecular flexibility index (Phi) is 5.28. The van der Waals surface area contributed by atoms with Gasteiger partial charge in [0, 0.05) is 22.9 Å². The monoisotopic (exact) mass is 256 g/mol. The van der Waals surface area contributed by atoms with E-state index in [1.165, 1.54) is 23.1 Å². The van der Waals surface area contributed by atoms with Crippen LogP contribution >= 0.6 is 23.1 Å². The summed E-state index contributed by atoms with van der Waals surface area (Å²) in [5.74, 6) is -0.133. The molecule has 5 heteroatoms. The topological polar surface area (TPSA) is 54.4 Å². The molecule has 1 rings (SSSR count). The van der Waals surface area contributed by atoms with E-state index in [2.05, 4.69) is 0 Å². The number of hydrogen-bond donors (Lipinski definition) is 1. The van der Waals surface area contributed by atoms with Gasteiger partial charge in [0.15, 0.2) is 5.12 Å². The van der Waals surface area contributed by atoms with Crippen LogP contribution in [0.4, 0.5) is 0 Å². The summed E-state index contributed by atoms with van der Waals surface area (Å²) in [5.41, 5.74) is 0.322. The number of carboxylic acids is 1. The Balaban J connectivity index is 2.38. The van der Waals surface area contributed by atoms with Crippen LogP contribution in [0.15, 0.2) is 17.5 Å². The fourth-order valence-electron chi connectivity index (χ4n) is 1.02. The van der Waals surface area contributed by atoms with Gasteiger partial charge in [-0.3, -0.25) is 4.79 Å². The number of thiophene rings is 1. The number of carboxylic acid groups (broad SMARTS) is 1. The summed E-state index contributed by atoms with van der Waals surface area (Å²) in [5, 5.41) is 10.5. The first kappa shape index (κ1) is 13.0. The van der Waals surface area contributed by atoms with E-state index in [9.17, 15) is 9.59 Å². The van der Waals surface area contributed by atoms with Gasteiger partial charge in [0.05, 0.1) is 5.56 Å². The lowest BCUT2D eigenvalue weighted by Gasteiger charge is -1.90. The highest BCUT2D eigenvalue weighted by Gasteiger charge is 2.03. The van der Waals surface area contributed by atoms with E-state index in [4.69, 9.17) is 5.11 Å². The minimum absolute atomic E-state index is 0.123. The third kappa shape index (κ3) is 4.63. The average molecular weight is 256 g/mol. The van der Waals surface area contributed by atoms with Gasteiger partial charge >= 0.3 is 5.97 Å². The van der Waals surface area contributed by atoms with Crippen LogP contribution in [-0.2, 0) is 4.79 Å². The van der Waals surface area contributed by atoms with Crippen molar-refractivity contribution in [2.45, 2.75) is 13.3 Å². The maximum absolute atomic E-state index is 10.6. The molecule has 0 aliphatic heterocycles. The summed E-state index contributed by atoms with van der Waals surface area (Å²) < 4.78 is 0. The van der Waals surface area contributed by atoms with Crippen LogP contribution in [-0.4, -0.2) is 21.9 Å². The van der Waals surface area contributed by atoms with Crippen LogP contribution in [0.2, 0.25) is 0 Å². The summed E-state index contributed by atoms with van der Waals surface area (Å²) in [6.07, 6.45) is 4.65. The molecule has 0 unspecified atom stereocenters. The number of rotatable bonds is 5. The Morgan fingerprint density at radius 1 is 1.56 bits per heavy atom. The highest BCUT2D eigenvalue weighted by molar-refractivity contribution is 8.13. The number of allylic oxidation sites excluding steroid dienone is 1. The zero-order valence-corrected chi connectivity index (χ0v) is 10.4. The van der Waals surface area contributed by atoms with Gasteiger partial charge in [0.2, 0.25) is 0 Å². The first-order chi connectivity index (χ1) is 7.59. The molecule has 1 heterocycles. The van der Waals surface area contributed by atoms with Crippen molar-refractivity contribution < 1.29 is 14.7 Å². The second kappa shape index (κ2) is 6.50. The Morgan fingerprint density at radius 2 is 2.31 bits per heavy atom. The van der Waals surface area contributed by atoms with Crippen LogP contribution in [0.25, 0.3) is 6.08 Å². The van der Waals surface area contributed by atoms with Crippen molar-refractivity contribution in [3.63, 3.8) is 0 Å². The highest BCUT2D eigenvalue weighted by atomic mass is 32.2. The lowest BCUT2D eigenvalue weighted by molar-refractivity contribution is -0.109. The molecule has 0 aliphatic carbocycles. The predicted octanol–water partition coefficient (Wildman–Crippen LogP) is 3.13. The third-order valence-corrected chi connectivity index (χ3v) is 3.48. The zero-order valence-electron chi connectivity index (χ0n) is 8.80. The van der Waals surface area contributed by atoms with E-state index in [1.807, 2.05) is 12.2 Å². The fourth-order valence-corrected chi connectivity index (χ4v) is 2.37. The van der Waals surface area contributed by atoms with Gasteiger partial charge in [-0.15, -0.1) is 11.3 Å². The van der Waals surface area contributed by atoms with Crippen LogP contribution in [0.3, 0.4) is 0 Å². The number of carbonyl (C=O) groups excluding carboxylic acids is 1. The Labute approximate surface area is 102 Å². The van der Waals surface area contributed by atoms with Gasteiger partial charge in [0.25, 0.3) is 0 Å². The number of thioether (sulfide) groups is 1. The molecule has 0 aromatic carbocycles. The molecular weight excluding hydrogens is 244 g/mol. The summed E-state index contributed by atoms with van der Waals surface area (Å²) in [4.78, 5) is 22.2. The van der Waals surface area contributed by atoms with E-state index in [0.29, 0.717) is 5.56 Å². The highest BCUT2D eigenvalue weighted by Crippen LogP contribution is 2.16. The van der Waals surface area contributed by atoms with Gasteiger partial charge in [-0.05, 0) is 18.6 Å². The van der Waals surface area contributed by atoms with Gasteiger partial charge in [-0.1, -0.05) is 17.8 Å². The maximum atomic E-state index is 10.6. The van der Waals surface area contributed by atoms with Crippen molar-refractivity contribution >= 4 is 40.3 Å². The molecule has 3 nitrogen and oxygen atoms in total. The molecule has 0 saturated heterocycles. The van der Waals surface area contributed by atoms with Crippen molar-refractivity contribution in [3.8, 4) is 0 Å². The van der Waals surface area contributed by atoms with Gasteiger partial charge in [0.1, 0.15) is 0 Å². The van der Waals surface area contributed by atoms with Crippen molar-refractivity contribution in [3.05, 3.63) is 28.0 Å². The molecule has 0 aliphatic rings. The second-order valence-corrected chi connectivity index (χ2v) is 5.29. The largest absolute Gasteiger partial charge is 0.478 e. The van der Waals surface area contributed by atoms with Crippen LogP contribution < -0.4 is 0 Å². The Hall–Kier alpha value is -1.07. The molecule has 1 N–H and O–H groups in total. The van der Waals surface area contributed by atoms with Crippen molar-refractivity contribution in [1.82, 2.24) is 0 Å². The number of carbonyl (C=O) groups is 2. The standard InChI is InChI=1S/C11H12O3S2/c1-8(12)15-5-3-2-4-10-6-9(7-16-10)11(13)14/h2,4,6-7H,3,5H2,1H3,(H,13,14). The molecule has 0 spiro atoms. The fraction of sp³-hybridized carbons (Fsp3) is 0.273. The number of aromatic carboxylic acids is 1. The predicted molar refractivity (Wildman–Crippen MR) is 68.1 cm³/mol. The number of hydrogen-bond acceptors (Lipinski definition) is 4. The van der Waals surface area contributed by atoms with E-state index in [0.717, 1.165) is 17.1 Å². The van der Waals surface area contributed by atoms with Crippen LogP contribution in [0.5, 0.6) is 0 Å². The quantitative estimate of drug-likeness (QED) is 0.822. The molecule has 0 bridgehead atoms. The summed E-state index contributed by atoms with van der Waals surface area (Å²) in [6.45, 7) is 1.55. The first-order valence-corrected chi connectivity index (χ1v) is 6.58. The molecule has 1 aromatic heterocycles. The molecule has 0 fully saturated rings. The van der Waals surface area contributed by atoms with E-state index < -0.39 is 5.97 Å². The third-order valence-electron chi connectivity index (χ3n) is 1.74. The minimum Gasteiger partial charge on any atom is -0.478 e. The lowest BCUT2D eigenvalue weighted by Crippen LogP contribution is -1.91. The van der Waals surface area contributed by atoms with E-state index in [1.54, 1.807) is 18.4 Å². The molecule has 1 aromatic rings. The van der Waals surface area contributed by atoms with Crippen molar-refractivity contribution in [2.24, 2.45) is 0 Å². The molecule has 0 atom stereocenters.